The predicted molar refractivity (Wildman–Crippen MR) is 118 cm³/mol. The highest BCUT2D eigenvalue weighted by Gasteiger charge is 2.18. The van der Waals surface area contributed by atoms with E-state index < -0.39 is 0 Å². The van der Waals surface area contributed by atoms with E-state index in [1.54, 1.807) is 0 Å². The summed E-state index contributed by atoms with van der Waals surface area (Å²) in [5, 5.41) is 2.55. The van der Waals surface area contributed by atoms with Gasteiger partial charge in [0.05, 0.1) is 5.52 Å². The number of nitrogens with one attached hydrogen (secondary N) is 1. The molecular weight excluding hydrogens is 340 g/mol. The van der Waals surface area contributed by atoms with Gasteiger partial charge in [0.25, 0.3) is 0 Å². The van der Waals surface area contributed by atoms with E-state index in [9.17, 15) is 0 Å². The second-order valence-corrected chi connectivity index (χ2v) is 7.17. The lowest BCUT2D eigenvalue weighted by Gasteiger charge is -2.07. The van der Waals surface area contributed by atoms with Crippen molar-refractivity contribution in [2.45, 2.75) is 0 Å². The summed E-state index contributed by atoms with van der Waals surface area (Å²) in [5.74, 6) is 0. The minimum atomic E-state index is 1.15. The number of hydrogen-bond acceptors (Lipinski definition) is 0. The summed E-state index contributed by atoms with van der Waals surface area (Å²) in [6.07, 6.45) is 2.14. The minimum absolute atomic E-state index is 1.15. The monoisotopic (exact) mass is 358 g/mol. The van der Waals surface area contributed by atoms with E-state index in [0.717, 1.165) is 5.65 Å². The van der Waals surface area contributed by atoms with Gasteiger partial charge in [-0.25, -0.2) is 0 Å². The number of aromatic nitrogens is 2. The van der Waals surface area contributed by atoms with Gasteiger partial charge in [0, 0.05) is 28.0 Å². The maximum atomic E-state index is 3.62. The molecule has 0 unspecified atom stereocenters. The standard InChI is InChI=1S/C26H18N2/c1-2-9-18(10-3-1)19-11-8-12-20(17-19)24-23-15-6-7-16-28(23)26-25(24)21-13-4-5-14-22(21)27-26/h1-17,27H. The number of hydrogen-bond donors (Lipinski definition) is 1. The average Bonchev–Trinajstić information content (AvgIpc) is 3.29. The summed E-state index contributed by atoms with van der Waals surface area (Å²) in [6, 6.07) is 34.4. The Morgan fingerprint density at radius 3 is 2.29 bits per heavy atom. The maximum absolute atomic E-state index is 3.62. The Hall–Kier alpha value is -3.78. The van der Waals surface area contributed by atoms with Crippen LogP contribution >= 0.6 is 0 Å². The van der Waals surface area contributed by atoms with Crippen LogP contribution in [0.4, 0.5) is 0 Å². The fourth-order valence-corrected chi connectivity index (χ4v) is 4.31. The number of aromatic amines is 1. The minimum Gasteiger partial charge on any atom is -0.340 e. The Morgan fingerprint density at radius 2 is 1.36 bits per heavy atom. The molecule has 0 aliphatic rings. The first-order valence-electron chi connectivity index (χ1n) is 9.55. The molecule has 0 aliphatic heterocycles. The van der Waals surface area contributed by atoms with Crippen molar-refractivity contribution in [3.8, 4) is 22.3 Å². The Bertz CT molecular complexity index is 1450. The summed E-state index contributed by atoms with van der Waals surface area (Å²) in [4.78, 5) is 3.62. The van der Waals surface area contributed by atoms with Crippen LogP contribution in [0.15, 0.2) is 103 Å². The molecule has 1 N–H and O–H groups in total. The molecule has 0 radical (unpaired) electrons. The molecule has 6 rings (SSSR count). The van der Waals surface area contributed by atoms with E-state index in [-0.39, 0.29) is 0 Å². The average molecular weight is 358 g/mol. The highest BCUT2D eigenvalue weighted by Crippen LogP contribution is 2.40. The number of pyridine rings is 1. The Balaban J connectivity index is 1.72. The maximum Gasteiger partial charge on any atom is 0.123 e. The lowest BCUT2D eigenvalue weighted by atomic mass is 9.97. The highest BCUT2D eigenvalue weighted by atomic mass is 15.0. The summed E-state index contributed by atoms with van der Waals surface area (Å²) >= 11 is 0. The van der Waals surface area contributed by atoms with E-state index in [4.69, 9.17) is 0 Å². The van der Waals surface area contributed by atoms with Crippen molar-refractivity contribution in [3.63, 3.8) is 0 Å². The third kappa shape index (κ3) is 2.15. The first-order chi connectivity index (χ1) is 13.9. The molecule has 0 amide bonds. The van der Waals surface area contributed by atoms with Crippen molar-refractivity contribution in [3.05, 3.63) is 103 Å². The van der Waals surface area contributed by atoms with Crippen molar-refractivity contribution in [1.29, 1.82) is 0 Å². The van der Waals surface area contributed by atoms with E-state index in [2.05, 4.69) is 113 Å². The number of nitrogens with zero attached hydrogens (tertiary/aromatic N) is 1. The molecule has 2 heteroatoms. The number of rotatable bonds is 2. The largest absolute Gasteiger partial charge is 0.340 e. The quantitative estimate of drug-likeness (QED) is 0.347. The lowest BCUT2D eigenvalue weighted by molar-refractivity contribution is 1.22. The van der Waals surface area contributed by atoms with E-state index >= 15 is 0 Å². The van der Waals surface area contributed by atoms with Gasteiger partial charge in [-0.05, 0) is 41.0 Å². The molecule has 3 aromatic heterocycles. The second kappa shape index (κ2) is 5.86. The van der Waals surface area contributed by atoms with E-state index in [1.165, 1.54) is 44.1 Å². The molecule has 0 atom stereocenters. The summed E-state index contributed by atoms with van der Waals surface area (Å²) in [5.41, 5.74) is 8.54. The molecular formula is C26H18N2. The zero-order valence-electron chi connectivity index (χ0n) is 15.3. The van der Waals surface area contributed by atoms with Crippen molar-refractivity contribution in [1.82, 2.24) is 9.38 Å². The predicted octanol–water partition coefficient (Wildman–Crippen LogP) is 6.91. The van der Waals surface area contributed by atoms with Crippen LogP contribution in [0, 0.1) is 0 Å². The zero-order valence-corrected chi connectivity index (χ0v) is 15.3. The summed E-state index contributed by atoms with van der Waals surface area (Å²) < 4.78 is 2.26. The Labute approximate surface area is 162 Å². The molecule has 132 valence electrons. The summed E-state index contributed by atoms with van der Waals surface area (Å²) in [6.45, 7) is 0. The van der Waals surface area contributed by atoms with Crippen LogP contribution in [0.3, 0.4) is 0 Å². The van der Waals surface area contributed by atoms with E-state index in [1.807, 2.05) is 0 Å². The first-order valence-corrected chi connectivity index (χ1v) is 9.55. The van der Waals surface area contributed by atoms with Crippen molar-refractivity contribution in [2.24, 2.45) is 0 Å². The van der Waals surface area contributed by atoms with Gasteiger partial charge in [0.2, 0.25) is 0 Å². The van der Waals surface area contributed by atoms with Gasteiger partial charge in [-0.2, -0.15) is 0 Å². The van der Waals surface area contributed by atoms with Gasteiger partial charge >= 0.3 is 0 Å². The van der Waals surface area contributed by atoms with Crippen molar-refractivity contribution < 1.29 is 0 Å². The second-order valence-electron chi connectivity index (χ2n) is 7.17. The smallest absolute Gasteiger partial charge is 0.123 e. The van der Waals surface area contributed by atoms with Crippen LogP contribution in [-0.4, -0.2) is 9.38 Å². The molecule has 0 bridgehead atoms. The number of H-pyrrole nitrogens is 1. The number of para-hydroxylation sites is 1. The van der Waals surface area contributed by atoms with Crippen LogP contribution in [0.2, 0.25) is 0 Å². The number of fused-ring (bicyclic) bond motifs is 5. The molecule has 0 saturated heterocycles. The topological polar surface area (TPSA) is 20.2 Å². The number of benzene rings is 3. The molecule has 0 saturated carbocycles. The van der Waals surface area contributed by atoms with Crippen LogP contribution in [-0.2, 0) is 0 Å². The van der Waals surface area contributed by atoms with Gasteiger partial charge < -0.3 is 9.38 Å². The van der Waals surface area contributed by atoms with Gasteiger partial charge in [-0.1, -0.05) is 72.8 Å². The van der Waals surface area contributed by atoms with Crippen LogP contribution in [0.1, 0.15) is 0 Å². The lowest BCUT2D eigenvalue weighted by Crippen LogP contribution is -1.85. The van der Waals surface area contributed by atoms with Crippen LogP contribution < -0.4 is 0 Å². The molecule has 28 heavy (non-hydrogen) atoms. The van der Waals surface area contributed by atoms with E-state index in [0.29, 0.717) is 0 Å². The molecule has 3 heterocycles. The Morgan fingerprint density at radius 1 is 0.607 bits per heavy atom. The van der Waals surface area contributed by atoms with Crippen molar-refractivity contribution in [2.75, 3.05) is 0 Å². The van der Waals surface area contributed by atoms with Gasteiger partial charge in [0.15, 0.2) is 0 Å². The third-order valence-electron chi connectivity index (χ3n) is 5.55. The molecule has 0 aliphatic carbocycles. The molecule has 0 fully saturated rings. The zero-order chi connectivity index (χ0) is 18.5. The van der Waals surface area contributed by atoms with Crippen molar-refractivity contribution >= 4 is 27.5 Å². The molecule has 0 spiro atoms. The Kier molecular flexibility index (Phi) is 3.20. The van der Waals surface area contributed by atoms with Gasteiger partial charge in [-0.15, -0.1) is 0 Å². The van der Waals surface area contributed by atoms with Gasteiger partial charge in [0.1, 0.15) is 5.65 Å². The molecule has 2 nitrogen and oxygen atoms in total. The fourth-order valence-electron chi connectivity index (χ4n) is 4.31. The third-order valence-corrected chi connectivity index (χ3v) is 5.55. The molecule has 6 aromatic rings. The summed E-state index contributed by atoms with van der Waals surface area (Å²) in [7, 11) is 0. The van der Waals surface area contributed by atoms with Gasteiger partial charge in [-0.3, -0.25) is 0 Å². The van der Waals surface area contributed by atoms with Crippen LogP contribution in [0.5, 0.6) is 0 Å². The fraction of sp³-hybridized carbons (Fsp3) is 0. The SMILES string of the molecule is c1ccc(-c2cccc(-c3c4c5ccccc5[nH]c4n4ccccc34)c2)cc1. The highest BCUT2D eigenvalue weighted by molar-refractivity contribution is 6.18. The first kappa shape index (κ1) is 15.3. The van der Waals surface area contributed by atoms with Crippen LogP contribution in [0.25, 0.3) is 49.7 Å². The normalized spacial score (nSPS) is 11.6. The molecule has 3 aromatic carbocycles.